The van der Waals surface area contributed by atoms with Crippen LogP contribution < -0.4 is 0 Å². The summed E-state index contributed by atoms with van der Waals surface area (Å²) in [7, 11) is 0. The molecule has 0 aliphatic heterocycles. The van der Waals surface area contributed by atoms with Crippen LogP contribution in [-0.2, 0) is 6.54 Å². The largest absolute Gasteiger partial charge is 0.340 e. The minimum Gasteiger partial charge on any atom is -0.340 e. The molecule has 0 aliphatic rings. The first kappa shape index (κ1) is 15.6. The Morgan fingerprint density at radius 2 is 1.67 bits per heavy atom. The number of aryl methyl sites for hydroxylation is 1. The maximum atomic E-state index is 3.74. The van der Waals surface area contributed by atoms with Crippen molar-refractivity contribution in [2.75, 3.05) is 0 Å². The molecule has 1 nitrogen and oxygen atoms in total. The fraction of sp³-hybridized carbons (Fsp3) is 0.294. The molecule has 0 fully saturated rings. The lowest BCUT2D eigenvalue weighted by molar-refractivity contribution is 0.531. The molecule has 0 spiro atoms. The highest BCUT2D eigenvalue weighted by molar-refractivity contribution is 9.11. The van der Waals surface area contributed by atoms with Gasteiger partial charge in [0.1, 0.15) is 0 Å². The second-order valence-electron chi connectivity index (χ2n) is 5.78. The van der Waals surface area contributed by atoms with E-state index < -0.39 is 0 Å². The Balaban J connectivity index is 2.36. The first-order chi connectivity index (χ1) is 9.97. The third-order valence-electron chi connectivity index (χ3n) is 3.77. The van der Waals surface area contributed by atoms with Gasteiger partial charge in [0.15, 0.2) is 0 Å². The van der Waals surface area contributed by atoms with E-state index in [4.69, 9.17) is 0 Å². The first-order valence-corrected chi connectivity index (χ1v) is 9.42. The molecule has 3 rings (SSSR count). The predicted octanol–water partition coefficient (Wildman–Crippen LogP) is 7.13. The summed E-state index contributed by atoms with van der Waals surface area (Å²) in [5.74, 6) is 0.696. The Morgan fingerprint density at radius 3 is 2.38 bits per heavy atom. The summed E-state index contributed by atoms with van der Waals surface area (Å²) in [6.07, 6.45) is 1.18. The lowest BCUT2D eigenvalue weighted by Gasteiger charge is -2.10. The van der Waals surface area contributed by atoms with Gasteiger partial charge in [0.05, 0.1) is 5.52 Å². The molecule has 0 saturated heterocycles. The average molecular weight is 474 g/mol. The highest BCUT2D eigenvalue weighted by atomic mass is 79.9. The Hall–Kier alpha value is -0.320. The van der Waals surface area contributed by atoms with Crippen molar-refractivity contribution in [1.82, 2.24) is 4.57 Å². The molecular weight excluding hydrogens is 458 g/mol. The van der Waals surface area contributed by atoms with Gasteiger partial charge in [-0.1, -0.05) is 45.7 Å². The van der Waals surface area contributed by atoms with E-state index in [-0.39, 0.29) is 0 Å². The van der Waals surface area contributed by atoms with Crippen LogP contribution in [0.25, 0.3) is 21.8 Å². The Kier molecular flexibility index (Phi) is 4.49. The van der Waals surface area contributed by atoms with Crippen LogP contribution in [0.1, 0.15) is 20.3 Å². The minimum absolute atomic E-state index is 0.696. The summed E-state index contributed by atoms with van der Waals surface area (Å²) in [6.45, 7) is 5.59. The van der Waals surface area contributed by atoms with Crippen LogP contribution in [0.5, 0.6) is 0 Å². The summed E-state index contributed by atoms with van der Waals surface area (Å²) in [5, 5.41) is 2.58. The number of aromatic nitrogens is 1. The molecule has 1 aromatic heterocycles. The van der Waals surface area contributed by atoms with Gasteiger partial charge in [-0.15, -0.1) is 0 Å². The lowest BCUT2D eigenvalue weighted by Crippen LogP contribution is -2.01. The third kappa shape index (κ3) is 2.95. The Bertz CT molecular complexity index is 818. The normalized spacial score (nSPS) is 11.9. The van der Waals surface area contributed by atoms with Gasteiger partial charge in [0.2, 0.25) is 0 Å². The quantitative estimate of drug-likeness (QED) is 0.381. The molecule has 0 atom stereocenters. The number of hydrogen-bond acceptors (Lipinski definition) is 0. The molecule has 0 unspecified atom stereocenters. The Morgan fingerprint density at radius 1 is 0.952 bits per heavy atom. The smallest absolute Gasteiger partial charge is 0.0636 e. The number of nitrogens with zero attached hydrogens (tertiary/aromatic N) is 1. The second-order valence-corrected chi connectivity index (χ2v) is 8.47. The van der Waals surface area contributed by atoms with Gasteiger partial charge in [-0.3, -0.25) is 0 Å². The number of rotatable bonds is 3. The molecule has 0 radical (unpaired) electrons. The van der Waals surface area contributed by atoms with Crippen molar-refractivity contribution in [2.24, 2.45) is 5.92 Å². The summed E-state index contributed by atoms with van der Waals surface area (Å²) < 4.78 is 5.80. The number of fused-ring (bicyclic) bond motifs is 3. The van der Waals surface area contributed by atoms with E-state index in [0.29, 0.717) is 5.92 Å². The molecule has 4 heteroatoms. The minimum atomic E-state index is 0.696. The summed E-state index contributed by atoms with van der Waals surface area (Å²) in [5.41, 5.74) is 2.58. The van der Waals surface area contributed by atoms with Gasteiger partial charge in [-0.25, -0.2) is 0 Å². The monoisotopic (exact) mass is 471 g/mol. The molecule has 110 valence electrons. The van der Waals surface area contributed by atoms with E-state index in [1.807, 2.05) is 0 Å². The van der Waals surface area contributed by atoms with Gasteiger partial charge < -0.3 is 4.57 Å². The number of benzene rings is 2. The molecule has 0 saturated carbocycles. The van der Waals surface area contributed by atoms with Crippen LogP contribution in [0.15, 0.2) is 43.7 Å². The Labute approximate surface area is 150 Å². The zero-order valence-electron chi connectivity index (χ0n) is 12.0. The first-order valence-electron chi connectivity index (χ1n) is 7.04. The van der Waals surface area contributed by atoms with Crippen LogP contribution in [0.4, 0.5) is 0 Å². The standard InChI is InChI=1S/C17H16Br3N/c1-10(2)5-6-21-16-4-3-11(18)7-13(16)14-8-12(19)9-15(20)17(14)21/h3-4,7-10H,5-6H2,1-2H3. The fourth-order valence-corrected chi connectivity index (χ4v) is 4.55. The van der Waals surface area contributed by atoms with E-state index >= 15 is 0 Å². The van der Waals surface area contributed by atoms with Crippen molar-refractivity contribution in [1.29, 1.82) is 0 Å². The van der Waals surface area contributed by atoms with Crippen LogP contribution in [0.2, 0.25) is 0 Å². The van der Waals surface area contributed by atoms with Gasteiger partial charge in [0.25, 0.3) is 0 Å². The maximum absolute atomic E-state index is 3.74. The van der Waals surface area contributed by atoms with Gasteiger partial charge in [-0.2, -0.15) is 0 Å². The van der Waals surface area contributed by atoms with E-state index in [0.717, 1.165) is 20.0 Å². The van der Waals surface area contributed by atoms with Gasteiger partial charge in [-0.05, 0) is 58.6 Å². The maximum Gasteiger partial charge on any atom is 0.0636 e. The predicted molar refractivity (Wildman–Crippen MR) is 102 cm³/mol. The van der Waals surface area contributed by atoms with Gasteiger partial charge >= 0.3 is 0 Å². The topological polar surface area (TPSA) is 4.93 Å². The van der Waals surface area contributed by atoms with Crippen molar-refractivity contribution < 1.29 is 0 Å². The van der Waals surface area contributed by atoms with E-state index in [1.54, 1.807) is 0 Å². The van der Waals surface area contributed by atoms with Gasteiger partial charge in [0, 0.05) is 36.3 Å². The van der Waals surface area contributed by atoms with Crippen molar-refractivity contribution in [3.05, 3.63) is 43.7 Å². The third-order valence-corrected chi connectivity index (χ3v) is 5.32. The molecule has 0 amide bonds. The molecule has 3 aromatic rings. The molecule has 2 aromatic carbocycles. The summed E-state index contributed by atoms with van der Waals surface area (Å²) in [6, 6.07) is 10.9. The van der Waals surface area contributed by atoms with Crippen LogP contribution in [-0.4, -0.2) is 4.57 Å². The van der Waals surface area contributed by atoms with E-state index in [9.17, 15) is 0 Å². The number of halogens is 3. The van der Waals surface area contributed by atoms with Crippen LogP contribution in [0.3, 0.4) is 0 Å². The molecule has 0 aliphatic carbocycles. The molecule has 21 heavy (non-hydrogen) atoms. The van der Waals surface area contributed by atoms with Crippen molar-refractivity contribution in [3.8, 4) is 0 Å². The molecular formula is C17H16Br3N. The average Bonchev–Trinajstić information content (AvgIpc) is 2.70. The summed E-state index contributed by atoms with van der Waals surface area (Å²) >= 11 is 10.9. The van der Waals surface area contributed by atoms with Crippen LogP contribution >= 0.6 is 47.8 Å². The summed E-state index contributed by atoms with van der Waals surface area (Å²) in [4.78, 5) is 0. The zero-order chi connectivity index (χ0) is 15.1. The van der Waals surface area contributed by atoms with Crippen molar-refractivity contribution >= 4 is 69.6 Å². The molecule has 0 N–H and O–H groups in total. The van der Waals surface area contributed by atoms with Crippen LogP contribution in [0, 0.1) is 5.92 Å². The van der Waals surface area contributed by atoms with Crippen molar-refractivity contribution in [3.63, 3.8) is 0 Å². The highest BCUT2D eigenvalue weighted by Gasteiger charge is 2.14. The highest BCUT2D eigenvalue weighted by Crippen LogP contribution is 2.37. The SMILES string of the molecule is CC(C)CCn1c2ccc(Br)cc2c2cc(Br)cc(Br)c21. The number of hydrogen-bond donors (Lipinski definition) is 0. The van der Waals surface area contributed by atoms with E-state index in [2.05, 4.69) is 96.5 Å². The zero-order valence-corrected chi connectivity index (χ0v) is 16.7. The second kappa shape index (κ2) is 6.05. The molecule has 0 bridgehead atoms. The fourth-order valence-electron chi connectivity index (χ4n) is 2.74. The molecule has 1 heterocycles. The lowest BCUT2D eigenvalue weighted by atomic mass is 10.1. The van der Waals surface area contributed by atoms with E-state index in [1.165, 1.54) is 28.2 Å². The van der Waals surface area contributed by atoms with Crippen molar-refractivity contribution in [2.45, 2.75) is 26.8 Å².